The van der Waals surface area contributed by atoms with Crippen LogP contribution in [0.15, 0.2) is 48.5 Å². The summed E-state index contributed by atoms with van der Waals surface area (Å²) < 4.78 is 0. The summed E-state index contributed by atoms with van der Waals surface area (Å²) in [6.07, 6.45) is 0. The number of carbonyl (C=O) groups excluding carboxylic acids is 2. The second-order valence-electron chi connectivity index (χ2n) is 8.17. The van der Waals surface area contributed by atoms with Crippen LogP contribution in [0.3, 0.4) is 0 Å². The summed E-state index contributed by atoms with van der Waals surface area (Å²) in [5.41, 5.74) is 1.89. The Morgan fingerprint density at radius 2 is 0.889 bits per heavy atom. The maximum absolute atomic E-state index is 10.8. The van der Waals surface area contributed by atoms with Crippen LogP contribution in [0, 0.1) is 0 Å². The Balaban J connectivity index is 0.000000483. The molecule has 2 rings (SSSR count). The smallest absolute Gasteiger partial charge is 0.545 e. The van der Waals surface area contributed by atoms with E-state index >= 15 is 0 Å². The summed E-state index contributed by atoms with van der Waals surface area (Å²) in [5, 5.41) is 21.5. The molecule has 0 aliphatic rings. The molecule has 0 saturated carbocycles. The normalized spacial score (nSPS) is 10.9. The van der Waals surface area contributed by atoms with Crippen molar-refractivity contribution in [3.05, 3.63) is 70.8 Å². The summed E-state index contributed by atoms with van der Waals surface area (Å²) in [7, 11) is 0. The largest absolute Gasteiger partial charge is 2.00 e. The molecular weight excluding hydrogens is 441 g/mol. The van der Waals surface area contributed by atoms with Crippen molar-refractivity contribution in [2.24, 2.45) is 0 Å². The van der Waals surface area contributed by atoms with Crippen molar-refractivity contribution in [1.29, 1.82) is 0 Å². The Hall–Kier alpha value is -1.70. The Bertz CT molecular complexity index is 716. The van der Waals surface area contributed by atoms with E-state index in [1.165, 1.54) is 0 Å². The van der Waals surface area contributed by atoms with Crippen LogP contribution in [0.1, 0.15) is 73.4 Å². The first kappa shape index (κ1) is 25.3. The Morgan fingerprint density at radius 3 is 1.07 bits per heavy atom. The van der Waals surface area contributed by atoms with Gasteiger partial charge in [-0.15, -0.1) is 0 Å². The van der Waals surface area contributed by atoms with E-state index in [0.717, 1.165) is 11.1 Å². The van der Waals surface area contributed by atoms with Crippen molar-refractivity contribution in [2.75, 3.05) is 0 Å². The van der Waals surface area contributed by atoms with Crippen molar-refractivity contribution in [1.82, 2.24) is 0 Å². The van der Waals surface area contributed by atoms with Gasteiger partial charge in [0.05, 0.1) is 11.9 Å². The number of carboxylic acids is 2. The Morgan fingerprint density at radius 1 is 0.630 bits per heavy atom. The van der Waals surface area contributed by atoms with E-state index in [0.29, 0.717) is 0 Å². The zero-order chi connectivity index (χ0) is 20.1. The number of aromatic carboxylic acids is 2. The van der Waals surface area contributed by atoms with Crippen LogP contribution < -0.4 is 10.2 Å². The van der Waals surface area contributed by atoms with Crippen LogP contribution in [-0.4, -0.2) is 11.9 Å². The number of hydrogen-bond donors (Lipinski definition) is 0. The quantitative estimate of drug-likeness (QED) is 0.637. The van der Waals surface area contributed by atoms with Crippen LogP contribution in [0.5, 0.6) is 0 Å². The summed E-state index contributed by atoms with van der Waals surface area (Å²) >= 11 is 0. The fraction of sp³-hybridized carbons (Fsp3) is 0.364. The molecule has 0 heterocycles. The minimum absolute atomic E-state index is 0. The average molecular weight is 467 g/mol. The maximum atomic E-state index is 10.8. The maximum Gasteiger partial charge on any atom is 2.00 e. The van der Waals surface area contributed by atoms with E-state index in [1.807, 2.05) is 65.8 Å². The molecule has 0 radical (unpaired) electrons. The molecule has 4 nitrogen and oxygen atoms in total. The van der Waals surface area contributed by atoms with Gasteiger partial charge < -0.3 is 19.8 Å². The molecule has 0 saturated heterocycles. The first-order valence-corrected chi connectivity index (χ1v) is 8.47. The molecule has 2 aromatic carbocycles. The summed E-state index contributed by atoms with van der Waals surface area (Å²) in [5.74, 6) is -2.21. The third-order valence-electron chi connectivity index (χ3n) is 3.91. The van der Waals surface area contributed by atoms with Crippen LogP contribution >= 0.6 is 0 Å². The van der Waals surface area contributed by atoms with Crippen molar-refractivity contribution in [2.45, 2.75) is 52.4 Å². The van der Waals surface area contributed by atoms with Gasteiger partial charge in [0.1, 0.15) is 0 Å². The van der Waals surface area contributed by atoms with Gasteiger partial charge in [-0.25, -0.2) is 0 Å². The van der Waals surface area contributed by atoms with E-state index in [9.17, 15) is 19.8 Å². The first-order valence-electron chi connectivity index (χ1n) is 8.47. The number of carboxylic acid groups (broad SMARTS) is 2. The molecule has 0 atom stereocenters. The summed E-state index contributed by atoms with van der Waals surface area (Å²) in [6.45, 7) is 11.9. The molecule has 0 aliphatic carbocycles. The van der Waals surface area contributed by atoms with Crippen LogP contribution in [0.25, 0.3) is 0 Å². The topological polar surface area (TPSA) is 80.3 Å². The monoisotopic (exact) mass is 468 g/mol. The fourth-order valence-corrected chi connectivity index (χ4v) is 2.63. The van der Waals surface area contributed by atoms with Crippen LogP contribution in [-0.2, 0) is 38.1 Å². The molecule has 0 bridgehead atoms. The third kappa shape index (κ3) is 7.44. The minimum Gasteiger partial charge on any atom is -0.545 e. The molecule has 0 spiro atoms. The number of benzene rings is 2. The van der Waals surface area contributed by atoms with E-state index in [1.54, 1.807) is 24.3 Å². The molecule has 0 aromatic heterocycles. The zero-order valence-corrected chi connectivity index (χ0v) is 21.0. The number of carbonyl (C=O) groups is 2. The van der Waals surface area contributed by atoms with Crippen molar-refractivity contribution in [3.63, 3.8) is 0 Å². The fourth-order valence-electron chi connectivity index (χ4n) is 2.63. The second kappa shape index (κ2) is 10.0. The molecular formula is C22H26CdO4. The van der Waals surface area contributed by atoms with Gasteiger partial charge in [-0.2, -0.15) is 0 Å². The van der Waals surface area contributed by atoms with Crippen LogP contribution in [0.2, 0.25) is 0 Å². The molecule has 5 heteroatoms. The second-order valence-corrected chi connectivity index (χ2v) is 8.17. The molecule has 0 fully saturated rings. The number of rotatable bonds is 2. The predicted molar refractivity (Wildman–Crippen MR) is 98.9 cm³/mol. The summed E-state index contributed by atoms with van der Waals surface area (Å²) in [6, 6.07) is 13.9. The first-order chi connectivity index (χ1) is 11.9. The van der Waals surface area contributed by atoms with E-state index in [-0.39, 0.29) is 49.3 Å². The Kier molecular flexibility index (Phi) is 9.38. The van der Waals surface area contributed by atoms with Crippen LogP contribution in [0.4, 0.5) is 0 Å². The molecule has 0 amide bonds. The van der Waals surface area contributed by atoms with Gasteiger partial charge in [-0.05, 0) is 22.0 Å². The minimum atomic E-state index is -1.11. The number of hydrogen-bond acceptors (Lipinski definition) is 4. The van der Waals surface area contributed by atoms with Gasteiger partial charge in [0.25, 0.3) is 0 Å². The van der Waals surface area contributed by atoms with Gasteiger partial charge in [0, 0.05) is 11.1 Å². The van der Waals surface area contributed by atoms with E-state index in [2.05, 4.69) is 0 Å². The molecule has 0 unspecified atom stereocenters. The standard InChI is InChI=1S/2C11H14O2.Cd/c2*1-11(2,3)9-7-5-4-6-8(9)10(12)13;/h2*4-7H,1-3H3,(H,12,13);/q;;+2/p-2. The molecule has 140 valence electrons. The molecule has 27 heavy (non-hydrogen) atoms. The van der Waals surface area contributed by atoms with E-state index in [4.69, 9.17) is 0 Å². The van der Waals surface area contributed by atoms with Gasteiger partial charge in [0.15, 0.2) is 0 Å². The van der Waals surface area contributed by atoms with Gasteiger partial charge in [-0.3, -0.25) is 0 Å². The average Bonchev–Trinajstić information content (AvgIpc) is 2.54. The molecule has 0 aliphatic heterocycles. The van der Waals surface area contributed by atoms with Gasteiger partial charge in [0.2, 0.25) is 0 Å². The van der Waals surface area contributed by atoms with Gasteiger partial charge in [-0.1, -0.05) is 90.1 Å². The zero-order valence-electron chi connectivity index (χ0n) is 17.0. The van der Waals surface area contributed by atoms with Crippen molar-refractivity contribution < 1.29 is 47.1 Å². The van der Waals surface area contributed by atoms with Crippen molar-refractivity contribution >= 4 is 11.9 Å². The Labute approximate surface area is 181 Å². The third-order valence-corrected chi connectivity index (χ3v) is 3.91. The van der Waals surface area contributed by atoms with Crippen molar-refractivity contribution in [3.8, 4) is 0 Å². The van der Waals surface area contributed by atoms with E-state index < -0.39 is 11.9 Å². The van der Waals surface area contributed by atoms with Gasteiger partial charge >= 0.3 is 27.3 Å². The molecule has 2 aromatic rings. The summed E-state index contributed by atoms with van der Waals surface area (Å²) in [4.78, 5) is 21.5. The molecule has 0 N–H and O–H groups in total. The predicted octanol–water partition coefficient (Wildman–Crippen LogP) is 2.69. The SMILES string of the molecule is CC(C)(C)c1ccccc1C(=O)[O-].CC(C)(C)c1ccccc1C(=O)[O-].[Cd+2].